The quantitative estimate of drug-likeness (QED) is 0.301. The van der Waals surface area contributed by atoms with Crippen LogP contribution in [0.2, 0.25) is 15.1 Å². The Morgan fingerprint density at radius 2 is 1.54 bits per heavy atom. The fourth-order valence-electron chi connectivity index (χ4n) is 3.24. The van der Waals surface area contributed by atoms with Gasteiger partial charge in [-0.25, -0.2) is 14.8 Å². The lowest BCUT2D eigenvalue weighted by Gasteiger charge is -2.26. The van der Waals surface area contributed by atoms with Crippen molar-refractivity contribution in [2.24, 2.45) is 0 Å². The molecular formula is C24H22Cl3N5O3. The Kier molecular flexibility index (Phi) is 8.67. The second kappa shape index (κ2) is 11.5. The van der Waals surface area contributed by atoms with E-state index in [2.05, 4.69) is 9.97 Å². The highest BCUT2D eigenvalue weighted by atomic mass is 35.5. The third-order valence-corrected chi connectivity index (χ3v) is 6.07. The fourth-order valence-corrected chi connectivity index (χ4v) is 3.86. The Bertz CT molecular complexity index is 1250. The van der Waals surface area contributed by atoms with Gasteiger partial charge < -0.3 is 9.80 Å². The predicted molar refractivity (Wildman–Crippen MR) is 138 cm³/mol. The number of anilines is 2. The molecule has 0 atom stereocenters. The van der Waals surface area contributed by atoms with Crippen molar-refractivity contribution in [3.63, 3.8) is 0 Å². The van der Waals surface area contributed by atoms with Gasteiger partial charge in [-0.2, -0.15) is 0 Å². The van der Waals surface area contributed by atoms with E-state index < -0.39 is 18.1 Å². The molecule has 3 amide bonds. The van der Waals surface area contributed by atoms with Gasteiger partial charge in [0.25, 0.3) is 0 Å². The topological polar surface area (TPSA) is 86.7 Å². The smallest absolute Gasteiger partial charge is 0.323 e. The number of ketones is 1. The molecule has 3 rings (SSSR count). The molecule has 1 aromatic heterocycles. The summed E-state index contributed by atoms with van der Waals surface area (Å²) in [5.41, 5.74) is 1.59. The van der Waals surface area contributed by atoms with Crippen molar-refractivity contribution >= 4 is 63.9 Å². The van der Waals surface area contributed by atoms with Crippen molar-refractivity contribution < 1.29 is 14.4 Å². The van der Waals surface area contributed by atoms with E-state index in [-0.39, 0.29) is 23.4 Å². The van der Waals surface area contributed by atoms with Crippen LogP contribution in [0.1, 0.15) is 22.6 Å². The lowest BCUT2D eigenvalue weighted by molar-refractivity contribution is -0.117. The summed E-state index contributed by atoms with van der Waals surface area (Å²) in [7, 11) is 4.86. The van der Waals surface area contributed by atoms with Gasteiger partial charge >= 0.3 is 6.03 Å². The molecule has 8 nitrogen and oxygen atoms in total. The molecule has 0 bridgehead atoms. The molecule has 3 aromatic rings. The summed E-state index contributed by atoms with van der Waals surface area (Å²) in [5.74, 6) is -1.06. The summed E-state index contributed by atoms with van der Waals surface area (Å²) in [4.78, 5) is 50.3. The molecule has 11 heteroatoms. The Hall–Kier alpha value is -3.20. The predicted octanol–water partition coefficient (Wildman–Crippen LogP) is 5.36. The van der Waals surface area contributed by atoms with Crippen LogP contribution >= 0.6 is 34.8 Å². The van der Waals surface area contributed by atoms with E-state index in [1.807, 2.05) is 0 Å². The zero-order valence-corrected chi connectivity index (χ0v) is 21.5. The van der Waals surface area contributed by atoms with E-state index in [9.17, 15) is 14.4 Å². The van der Waals surface area contributed by atoms with Gasteiger partial charge in [-0.05, 0) is 42.0 Å². The van der Waals surface area contributed by atoms with Gasteiger partial charge in [0.2, 0.25) is 11.7 Å². The number of urea groups is 1. The number of benzene rings is 2. The number of amides is 3. The molecule has 0 unspecified atom stereocenters. The van der Waals surface area contributed by atoms with Gasteiger partial charge in [0.15, 0.2) is 5.82 Å². The third-order valence-electron chi connectivity index (χ3n) is 5.03. The van der Waals surface area contributed by atoms with Gasteiger partial charge in [0.05, 0.1) is 33.7 Å². The minimum atomic E-state index is -0.520. The maximum Gasteiger partial charge on any atom is 0.323 e. The number of carbonyl (C=O) groups excluding carboxylic acids is 3. The molecule has 0 saturated carbocycles. The molecule has 0 radical (unpaired) electrons. The summed E-state index contributed by atoms with van der Waals surface area (Å²) in [6.07, 6.45) is 2.41. The summed E-state index contributed by atoms with van der Waals surface area (Å²) in [6, 6.07) is 11.2. The van der Waals surface area contributed by atoms with Crippen LogP contribution in [0.15, 0.2) is 54.9 Å². The minimum Gasteiger partial charge on any atom is -0.330 e. The molecule has 0 N–H and O–H groups in total. The van der Waals surface area contributed by atoms with Crippen LogP contribution in [0.3, 0.4) is 0 Å². The van der Waals surface area contributed by atoms with Crippen LogP contribution < -0.4 is 9.80 Å². The van der Waals surface area contributed by atoms with Gasteiger partial charge in [-0.15, -0.1) is 0 Å². The molecule has 182 valence electrons. The number of rotatable bonds is 7. The Morgan fingerprint density at radius 3 is 2.14 bits per heavy atom. The van der Waals surface area contributed by atoms with Gasteiger partial charge in [0, 0.05) is 39.2 Å². The molecule has 0 spiro atoms. The van der Waals surface area contributed by atoms with Crippen molar-refractivity contribution in [1.82, 2.24) is 14.9 Å². The monoisotopic (exact) mass is 533 g/mol. The molecule has 1 heterocycles. The molecule has 2 aromatic carbocycles. The van der Waals surface area contributed by atoms with Gasteiger partial charge in [-0.3, -0.25) is 14.5 Å². The summed E-state index contributed by atoms with van der Waals surface area (Å²) >= 11 is 18.7. The Balaban J connectivity index is 1.94. The average molecular weight is 535 g/mol. The summed E-state index contributed by atoms with van der Waals surface area (Å²) in [6.45, 7) is 0.0980. The Morgan fingerprint density at radius 1 is 0.857 bits per heavy atom. The van der Waals surface area contributed by atoms with E-state index in [0.717, 1.165) is 0 Å². The largest absolute Gasteiger partial charge is 0.330 e. The van der Waals surface area contributed by atoms with E-state index in [4.69, 9.17) is 34.8 Å². The van der Waals surface area contributed by atoms with Crippen molar-refractivity contribution in [2.45, 2.75) is 13.0 Å². The van der Waals surface area contributed by atoms with Gasteiger partial charge in [-0.1, -0.05) is 40.9 Å². The second-order valence-electron chi connectivity index (χ2n) is 7.77. The molecule has 0 fully saturated rings. The van der Waals surface area contributed by atoms with Crippen molar-refractivity contribution in [1.29, 1.82) is 0 Å². The van der Waals surface area contributed by atoms with Crippen LogP contribution in [-0.4, -0.2) is 53.7 Å². The van der Waals surface area contributed by atoms with E-state index in [1.54, 1.807) is 63.6 Å². The first-order valence-corrected chi connectivity index (χ1v) is 11.5. The molecule has 0 aliphatic rings. The maximum absolute atomic E-state index is 13.3. The summed E-state index contributed by atoms with van der Waals surface area (Å²) in [5, 5.41) is 0.970. The number of hydrogen-bond acceptors (Lipinski definition) is 5. The van der Waals surface area contributed by atoms with Crippen LogP contribution in [0.5, 0.6) is 0 Å². The molecule has 0 saturated heterocycles. The number of nitrogens with zero attached hydrogens (tertiary/aromatic N) is 5. The molecule has 0 aliphatic heterocycles. The lowest BCUT2D eigenvalue weighted by atomic mass is 10.1. The Labute approximate surface area is 218 Å². The maximum atomic E-state index is 13.3. The van der Waals surface area contributed by atoms with Crippen molar-refractivity contribution in [3.8, 4) is 0 Å². The number of halogens is 3. The molecular weight excluding hydrogens is 513 g/mol. The first kappa shape index (κ1) is 26.4. The van der Waals surface area contributed by atoms with Crippen molar-refractivity contribution in [2.75, 3.05) is 30.9 Å². The highest BCUT2D eigenvalue weighted by Gasteiger charge is 2.24. The standard InChI is InChI=1S/C24H22Cl3N5O3/c1-30(2)24(35)31(3)20-8-6-16(12-19(20)27)32(14-15-5-7-17(25)18(26)11-15)22(34)13-21(33)23-28-9-4-10-29-23/h4-12H,13-14H2,1-3H3. The van der Waals surface area contributed by atoms with Crippen LogP contribution in [0, 0.1) is 0 Å². The summed E-state index contributed by atoms with van der Waals surface area (Å²) < 4.78 is 0. The number of Topliss-reactive ketones (excluding diaryl/α,β-unsaturated/α-hetero) is 1. The molecule has 0 aliphatic carbocycles. The first-order valence-electron chi connectivity index (χ1n) is 10.4. The van der Waals surface area contributed by atoms with Crippen molar-refractivity contribution in [3.05, 3.63) is 81.3 Å². The van der Waals surface area contributed by atoms with Gasteiger partial charge in [0.1, 0.15) is 0 Å². The lowest BCUT2D eigenvalue weighted by Crippen LogP contribution is -2.36. The zero-order chi connectivity index (χ0) is 25.7. The average Bonchev–Trinajstić information content (AvgIpc) is 2.84. The fraction of sp³-hybridized carbons (Fsp3) is 0.208. The number of carbonyl (C=O) groups is 3. The first-order chi connectivity index (χ1) is 16.6. The molecule has 35 heavy (non-hydrogen) atoms. The van der Waals surface area contributed by atoms with Crippen LogP contribution in [0.4, 0.5) is 16.2 Å². The van der Waals surface area contributed by atoms with E-state index in [1.165, 1.54) is 27.1 Å². The number of aromatic nitrogens is 2. The van der Waals surface area contributed by atoms with Crippen LogP contribution in [0.25, 0.3) is 0 Å². The SMILES string of the molecule is CN(C)C(=O)N(C)c1ccc(N(Cc2ccc(Cl)c(Cl)c2)C(=O)CC(=O)c2ncccn2)cc1Cl. The normalized spacial score (nSPS) is 10.6. The highest BCUT2D eigenvalue weighted by molar-refractivity contribution is 6.42. The second-order valence-corrected chi connectivity index (χ2v) is 8.99. The van der Waals surface area contributed by atoms with Crippen LogP contribution in [-0.2, 0) is 11.3 Å². The minimum absolute atomic E-state index is 0.0486. The number of hydrogen-bond donors (Lipinski definition) is 0. The third kappa shape index (κ3) is 6.48. The highest BCUT2D eigenvalue weighted by Crippen LogP contribution is 2.32. The van der Waals surface area contributed by atoms with E-state index >= 15 is 0 Å². The zero-order valence-electron chi connectivity index (χ0n) is 19.2. The van der Waals surface area contributed by atoms with E-state index in [0.29, 0.717) is 27.0 Å².